The van der Waals surface area contributed by atoms with Crippen molar-refractivity contribution >= 4 is 5.69 Å². The number of anilines is 1. The van der Waals surface area contributed by atoms with Gasteiger partial charge in [-0.3, -0.25) is 0 Å². The minimum atomic E-state index is -4.53. The van der Waals surface area contributed by atoms with Crippen LogP contribution >= 0.6 is 0 Å². The largest absolute Gasteiger partial charge is 0.417 e. The topological polar surface area (TPSA) is 47.3 Å². The number of halogens is 3. The zero-order chi connectivity index (χ0) is 14.9. The molecule has 0 radical (unpaired) electrons. The van der Waals surface area contributed by atoms with Crippen LogP contribution in [0.15, 0.2) is 18.2 Å². The second-order valence-electron chi connectivity index (χ2n) is 5.21. The Labute approximate surface area is 115 Å². The molecule has 0 spiro atoms. The zero-order valence-electron chi connectivity index (χ0n) is 11.0. The summed E-state index contributed by atoms with van der Waals surface area (Å²) in [4.78, 5) is 1.73. The maximum atomic E-state index is 12.9. The molecule has 1 saturated carbocycles. The van der Waals surface area contributed by atoms with E-state index < -0.39 is 11.7 Å². The number of aliphatic hydroxyl groups excluding tert-OH is 1. The van der Waals surface area contributed by atoms with Crippen molar-refractivity contribution in [3.63, 3.8) is 0 Å². The molecule has 1 aromatic carbocycles. The van der Waals surface area contributed by atoms with Crippen LogP contribution in [0.1, 0.15) is 24.0 Å². The van der Waals surface area contributed by atoms with Crippen molar-refractivity contribution < 1.29 is 18.3 Å². The van der Waals surface area contributed by atoms with Gasteiger partial charge in [0.15, 0.2) is 0 Å². The standard InChI is InChI=1S/C14H15F3N2O/c1-19(8-9-4-12(20)5-9)11-3-2-10(7-18)13(6-11)14(15,16)17/h2-3,6,9,12,20H,4-5,8H2,1H3. The van der Waals surface area contributed by atoms with E-state index in [0.717, 1.165) is 6.07 Å². The van der Waals surface area contributed by atoms with Crippen molar-refractivity contribution in [3.8, 4) is 6.07 Å². The average molecular weight is 284 g/mol. The molecule has 1 fully saturated rings. The highest BCUT2D eigenvalue weighted by molar-refractivity contribution is 5.54. The summed E-state index contributed by atoms with van der Waals surface area (Å²) < 4.78 is 38.6. The van der Waals surface area contributed by atoms with Crippen LogP contribution in [0, 0.1) is 17.2 Å². The molecule has 0 atom stereocenters. The lowest BCUT2D eigenvalue weighted by molar-refractivity contribution is -0.137. The highest BCUT2D eigenvalue weighted by Gasteiger charge is 2.34. The van der Waals surface area contributed by atoms with E-state index in [1.807, 2.05) is 0 Å². The van der Waals surface area contributed by atoms with Crippen LogP contribution in [-0.2, 0) is 6.18 Å². The van der Waals surface area contributed by atoms with E-state index in [0.29, 0.717) is 31.0 Å². The zero-order valence-corrected chi connectivity index (χ0v) is 11.0. The molecule has 0 heterocycles. The van der Waals surface area contributed by atoms with Gasteiger partial charge in [-0.1, -0.05) is 0 Å². The maximum Gasteiger partial charge on any atom is 0.417 e. The third-order valence-corrected chi connectivity index (χ3v) is 3.61. The van der Waals surface area contributed by atoms with Crippen LogP contribution in [0.2, 0.25) is 0 Å². The van der Waals surface area contributed by atoms with Gasteiger partial charge in [-0.05, 0) is 37.0 Å². The molecule has 0 aliphatic heterocycles. The minimum Gasteiger partial charge on any atom is -0.393 e. The fraction of sp³-hybridized carbons (Fsp3) is 0.500. The minimum absolute atomic E-state index is 0.278. The summed E-state index contributed by atoms with van der Waals surface area (Å²) in [5.41, 5.74) is -0.843. The monoisotopic (exact) mass is 284 g/mol. The molecule has 0 amide bonds. The van der Waals surface area contributed by atoms with Gasteiger partial charge < -0.3 is 10.0 Å². The van der Waals surface area contributed by atoms with Gasteiger partial charge in [0.2, 0.25) is 0 Å². The molecular weight excluding hydrogens is 269 g/mol. The Morgan fingerprint density at radius 1 is 1.40 bits per heavy atom. The van der Waals surface area contributed by atoms with Gasteiger partial charge in [0.05, 0.1) is 23.3 Å². The summed E-state index contributed by atoms with van der Waals surface area (Å²) in [5, 5.41) is 18.0. The van der Waals surface area contributed by atoms with Crippen LogP contribution in [-0.4, -0.2) is 24.8 Å². The van der Waals surface area contributed by atoms with Crippen molar-refractivity contribution in [1.29, 1.82) is 5.26 Å². The van der Waals surface area contributed by atoms with Crippen LogP contribution in [0.25, 0.3) is 0 Å². The Morgan fingerprint density at radius 2 is 2.05 bits per heavy atom. The maximum absolute atomic E-state index is 12.9. The Balaban J connectivity index is 2.18. The van der Waals surface area contributed by atoms with E-state index in [4.69, 9.17) is 5.26 Å². The molecule has 3 nitrogen and oxygen atoms in total. The number of hydrogen-bond acceptors (Lipinski definition) is 3. The number of benzene rings is 1. The molecule has 1 N–H and O–H groups in total. The van der Waals surface area contributed by atoms with Gasteiger partial charge >= 0.3 is 6.18 Å². The Kier molecular flexibility index (Phi) is 3.91. The van der Waals surface area contributed by atoms with Crippen LogP contribution in [0.3, 0.4) is 0 Å². The molecule has 1 aliphatic carbocycles. The third-order valence-electron chi connectivity index (χ3n) is 3.61. The van der Waals surface area contributed by atoms with Crippen LogP contribution in [0.5, 0.6) is 0 Å². The van der Waals surface area contributed by atoms with Crippen LogP contribution < -0.4 is 4.90 Å². The van der Waals surface area contributed by atoms with E-state index in [1.165, 1.54) is 12.1 Å². The number of aliphatic hydroxyl groups is 1. The number of hydrogen-bond donors (Lipinski definition) is 1. The Bertz CT molecular complexity index is 530. The fourth-order valence-corrected chi connectivity index (χ4v) is 2.44. The molecule has 0 saturated heterocycles. The summed E-state index contributed by atoms with van der Waals surface area (Å²) in [7, 11) is 1.71. The number of alkyl halides is 3. The van der Waals surface area contributed by atoms with Gasteiger partial charge in [-0.25, -0.2) is 0 Å². The van der Waals surface area contributed by atoms with Crippen molar-refractivity contribution in [1.82, 2.24) is 0 Å². The molecule has 108 valence electrons. The molecule has 0 bridgehead atoms. The third kappa shape index (κ3) is 3.05. The lowest BCUT2D eigenvalue weighted by atomic mass is 9.82. The van der Waals surface area contributed by atoms with E-state index in [-0.39, 0.29) is 11.7 Å². The van der Waals surface area contributed by atoms with E-state index in [1.54, 1.807) is 18.0 Å². The second kappa shape index (κ2) is 5.33. The predicted octanol–water partition coefficient (Wildman–Crippen LogP) is 2.78. The molecule has 1 aromatic rings. The second-order valence-corrected chi connectivity index (χ2v) is 5.21. The summed E-state index contributed by atoms with van der Waals surface area (Å²) in [6, 6.07) is 5.29. The quantitative estimate of drug-likeness (QED) is 0.928. The predicted molar refractivity (Wildman–Crippen MR) is 68.2 cm³/mol. The van der Waals surface area contributed by atoms with Crippen molar-refractivity contribution in [2.45, 2.75) is 25.1 Å². The first-order valence-electron chi connectivity index (χ1n) is 6.32. The molecule has 1 aliphatic rings. The van der Waals surface area contributed by atoms with Gasteiger partial charge in [-0.2, -0.15) is 18.4 Å². The van der Waals surface area contributed by atoms with Gasteiger partial charge in [-0.15, -0.1) is 0 Å². The van der Waals surface area contributed by atoms with Gasteiger partial charge in [0.1, 0.15) is 0 Å². The smallest absolute Gasteiger partial charge is 0.393 e. The summed E-state index contributed by atoms with van der Waals surface area (Å²) in [5.74, 6) is 0.306. The number of nitrogens with zero attached hydrogens (tertiary/aromatic N) is 2. The Hall–Kier alpha value is -1.74. The SMILES string of the molecule is CN(CC1CC(O)C1)c1ccc(C#N)c(C(F)(F)F)c1. The van der Waals surface area contributed by atoms with Crippen molar-refractivity contribution in [2.24, 2.45) is 5.92 Å². The fourth-order valence-electron chi connectivity index (χ4n) is 2.44. The highest BCUT2D eigenvalue weighted by atomic mass is 19.4. The first-order valence-corrected chi connectivity index (χ1v) is 6.32. The highest BCUT2D eigenvalue weighted by Crippen LogP contribution is 2.35. The van der Waals surface area contributed by atoms with E-state index in [2.05, 4.69) is 0 Å². The molecule has 0 aromatic heterocycles. The van der Waals surface area contributed by atoms with Gasteiger partial charge in [0.25, 0.3) is 0 Å². The molecule has 2 rings (SSSR count). The first kappa shape index (κ1) is 14.7. The van der Waals surface area contributed by atoms with E-state index in [9.17, 15) is 18.3 Å². The van der Waals surface area contributed by atoms with Gasteiger partial charge in [0, 0.05) is 19.3 Å². The molecular formula is C14H15F3N2O. The molecule has 6 heteroatoms. The first-order chi connectivity index (χ1) is 9.31. The number of rotatable bonds is 3. The summed E-state index contributed by atoms with van der Waals surface area (Å²) >= 11 is 0. The summed E-state index contributed by atoms with van der Waals surface area (Å²) in [6.07, 6.45) is -3.44. The molecule has 20 heavy (non-hydrogen) atoms. The lowest BCUT2D eigenvalue weighted by Gasteiger charge is -2.35. The van der Waals surface area contributed by atoms with Crippen molar-refractivity contribution in [3.05, 3.63) is 29.3 Å². The average Bonchev–Trinajstić information content (AvgIpc) is 2.35. The lowest BCUT2D eigenvalue weighted by Crippen LogP contribution is -2.37. The normalized spacial score (nSPS) is 22.0. The molecule has 0 unspecified atom stereocenters. The number of nitriles is 1. The Morgan fingerprint density at radius 3 is 2.55 bits per heavy atom. The van der Waals surface area contributed by atoms with Crippen molar-refractivity contribution in [2.75, 3.05) is 18.5 Å². The van der Waals surface area contributed by atoms with Crippen LogP contribution in [0.4, 0.5) is 18.9 Å². The van der Waals surface area contributed by atoms with E-state index >= 15 is 0 Å². The summed E-state index contributed by atoms with van der Waals surface area (Å²) in [6.45, 7) is 0.597.